The summed E-state index contributed by atoms with van der Waals surface area (Å²) in [5.41, 5.74) is 1.73. The highest BCUT2D eigenvalue weighted by molar-refractivity contribution is 5.44. The van der Waals surface area contributed by atoms with Crippen molar-refractivity contribution in [3.05, 3.63) is 84.3 Å². The number of ether oxygens (including phenoxy) is 1. The highest BCUT2D eigenvalue weighted by Crippen LogP contribution is 2.37. The number of nitrogens with zero attached hydrogens (tertiary/aromatic N) is 3. The zero-order valence-corrected chi connectivity index (χ0v) is 20.2. The Morgan fingerprint density at radius 2 is 1.97 bits per heavy atom. The van der Waals surface area contributed by atoms with Gasteiger partial charge in [0.1, 0.15) is 11.6 Å². The first-order valence-electron chi connectivity index (χ1n) is 11.9. The van der Waals surface area contributed by atoms with Crippen LogP contribution < -0.4 is 4.74 Å². The van der Waals surface area contributed by atoms with E-state index in [0.717, 1.165) is 23.5 Å². The van der Waals surface area contributed by atoms with E-state index in [1.807, 2.05) is 30.3 Å². The molecule has 1 atom stereocenters. The first kappa shape index (κ1) is 24.2. The zero-order valence-electron chi connectivity index (χ0n) is 20.2. The van der Waals surface area contributed by atoms with Crippen LogP contribution in [0.15, 0.2) is 67.3 Å². The van der Waals surface area contributed by atoms with Crippen molar-refractivity contribution in [2.24, 2.45) is 5.92 Å². The molecule has 1 aliphatic rings. The van der Waals surface area contributed by atoms with Gasteiger partial charge in [-0.1, -0.05) is 44.2 Å². The molecule has 0 radical (unpaired) electrons. The Balaban J connectivity index is 1.79. The molecule has 1 aliphatic carbocycles. The summed E-state index contributed by atoms with van der Waals surface area (Å²) in [5, 5.41) is 15.7. The lowest BCUT2D eigenvalue weighted by Crippen LogP contribution is -2.40. The molecule has 0 aliphatic heterocycles. The van der Waals surface area contributed by atoms with Gasteiger partial charge in [0.2, 0.25) is 5.88 Å². The van der Waals surface area contributed by atoms with Crippen LogP contribution in [-0.2, 0) is 6.54 Å². The van der Waals surface area contributed by atoms with Crippen molar-refractivity contribution in [1.82, 2.24) is 14.7 Å². The zero-order chi connectivity index (χ0) is 24.3. The highest BCUT2D eigenvalue weighted by Gasteiger charge is 2.31. The summed E-state index contributed by atoms with van der Waals surface area (Å²) >= 11 is 0. The lowest BCUT2D eigenvalue weighted by Gasteiger charge is -2.30. The van der Waals surface area contributed by atoms with Gasteiger partial charge in [-0.05, 0) is 55.9 Å². The molecule has 180 valence electrons. The Morgan fingerprint density at radius 3 is 2.59 bits per heavy atom. The molecule has 2 aromatic carbocycles. The second-order valence-electron chi connectivity index (χ2n) is 9.80. The van der Waals surface area contributed by atoms with Gasteiger partial charge in [0.15, 0.2) is 0 Å². The molecule has 1 aromatic heterocycles. The maximum Gasteiger partial charge on any atom is 0.227 e. The average Bonchev–Trinajstić information content (AvgIpc) is 3.55. The third-order valence-electron chi connectivity index (χ3n) is 6.10. The summed E-state index contributed by atoms with van der Waals surface area (Å²) < 4.78 is 22.1. The second kappa shape index (κ2) is 10.1. The Morgan fingerprint density at radius 1 is 1.24 bits per heavy atom. The molecular formula is C28H34FN3O2. The number of hydrogen-bond donors (Lipinski definition) is 1. The van der Waals surface area contributed by atoms with E-state index in [-0.39, 0.29) is 11.7 Å². The van der Waals surface area contributed by atoms with Gasteiger partial charge >= 0.3 is 0 Å². The first-order valence-corrected chi connectivity index (χ1v) is 11.9. The van der Waals surface area contributed by atoms with E-state index in [1.165, 1.54) is 25.0 Å². The van der Waals surface area contributed by atoms with Gasteiger partial charge in [-0.15, -0.1) is 6.58 Å². The maximum absolute atomic E-state index is 14.0. The molecular weight excluding hydrogens is 429 g/mol. The minimum absolute atomic E-state index is 0.150. The lowest BCUT2D eigenvalue weighted by molar-refractivity contribution is 0.0564. The van der Waals surface area contributed by atoms with Gasteiger partial charge < -0.3 is 9.84 Å². The molecule has 0 saturated heterocycles. The van der Waals surface area contributed by atoms with Crippen molar-refractivity contribution in [3.63, 3.8) is 0 Å². The van der Waals surface area contributed by atoms with Crippen LogP contribution >= 0.6 is 0 Å². The molecule has 1 heterocycles. The van der Waals surface area contributed by atoms with E-state index in [4.69, 9.17) is 9.84 Å². The van der Waals surface area contributed by atoms with E-state index >= 15 is 0 Å². The van der Waals surface area contributed by atoms with E-state index in [2.05, 4.69) is 25.3 Å². The number of benzene rings is 2. The Hall–Kier alpha value is -2.96. The fourth-order valence-electron chi connectivity index (χ4n) is 4.15. The predicted octanol–water partition coefficient (Wildman–Crippen LogP) is 6.08. The van der Waals surface area contributed by atoms with Crippen LogP contribution in [0.25, 0.3) is 5.69 Å². The molecule has 0 spiro atoms. The van der Waals surface area contributed by atoms with Crippen molar-refractivity contribution in [1.29, 1.82) is 0 Å². The molecule has 1 N–H and O–H groups in total. The Kier molecular flexibility index (Phi) is 7.19. The molecule has 0 unspecified atom stereocenters. The van der Waals surface area contributed by atoms with Crippen molar-refractivity contribution >= 4 is 0 Å². The molecule has 1 fully saturated rings. The van der Waals surface area contributed by atoms with Crippen LogP contribution in [0.3, 0.4) is 0 Å². The van der Waals surface area contributed by atoms with E-state index in [0.29, 0.717) is 30.6 Å². The quantitative estimate of drug-likeness (QED) is 0.350. The molecule has 0 amide bonds. The van der Waals surface area contributed by atoms with Crippen LogP contribution in [0.4, 0.5) is 4.39 Å². The Labute approximate surface area is 201 Å². The Bertz CT molecular complexity index is 1120. The third kappa shape index (κ3) is 5.93. The van der Waals surface area contributed by atoms with E-state index < -0.39 is 5.60 Å². The molecule has 0 bridgehead atoms. The molecule has 4 rings (SSSR count). The summed E-state index contributed by atoms with van der Waals surface area (Å²) in [6.07, 6.45) is 4.01. The lowest BCUT2D eigenvalue weighted by atomic mass is 10.0. The average molecular weight is 464 g/mol. The van der Waals surface area contributed by atoms with Crippen LogP contribution in [0.2, 0.25) is 0 Å². The minimum Gasteiger partial charge on any atom is -0.438 e. The van der Waals surface area contributed by atoms with Crippen molar-refractivity contribution in [3.8, 4) is 17.3 Å². The third-order valence-corrected chi connectivity index (χ3v) is 6.10. The number of para-hydroxylation sites is 1. The van der Waals surface area contributed by atoms with E-state index in [1.54, 1.807) is 29.8 Å². The number of rotatable bonds is 11. The number of aliphatic hydroxyl groups is 1. The number of aromatic nitrogens is 2. The monoisotopic (exact) mass is 463 g/mol. The van der Waals surface area contributed by atoms with Gasteiger partial charge in [0, 0.05) is 25.7 Å². The molecule has 1 saturated carbocycles. The summed E-state index contributed by atoms with van der Waals surface area (Å²) in [5.74, 6) is 1.42. The fraction of sp³-hybridized carbons (Fsp3) is 0.393. The summed E-state index contributed by atoms with van der Waals surface area (Å²) in [6, 6.07) is 16.0. The van der Waals surface area contributed by atoms with Gasteiger partial charge in [0.25, 0.3) is 0 Å². The number of hydrogen-bond acceptors (Lipinski definition) is 4. The van der Waals surface area contributed by atoms with Gasteiger partial charge in [-0.2, -0.15) is 5.10 Å². The number of halogens is 1. The van der Waals surface area contributed by atoms with Crippen LogP contribution in [0.1, 0.15) is 50.8 Å². The normalized spacial score (nSPS) is 15.5. The topological polar surface area (TPSA) is 50.5 Å². The SMILES string of the molecule is C=C[C@](C)(O)CN(Cc1c(C(C)C)nn(-c2ccccc2)c1Oc1cccc(F)c1)CC1CC1. The smallest absolute Gasteiger partial charge is 0.227 e. The predicted molar refractivity (Wildman–Crippen MR) is 133 cm³/mol. The molecule has 34 heavy (non-hydrogen) atoms. The first-order chi connectivity index (χ1) is 16.3. The van der Waals surface area contributed by atoms with Crippen molar-refractivity contribution in [2.75, 3.05) is 13.1 Å². The van der Waals surface area contributed by atoms with Crippen molar-refractivity contribution in [2.45, 2.75) is 51.7 Å². The van der Waals surface area contributed by atoms with Crippen LogP contribution in [0.5, 0.6) is 11.6 Å². The molecule has 3 aromatic rings. The van der Waals surface area contributed by atoms with Crippen LogP contribution in [-0.4, -0.2) is 38.5 Å². The van der Waals surface area contributed by atoms with E-state index in [9.17, 15) is 9.50 Å². The summed E-state index contributed by atoms with van der Waals surface area (Å²) in [6.45, 7) is 11.7. The molecule has 5 nitrogen and oxygen atoms in total. The summed E-state index contributed by atoms with van der Waals surface area (Å²) in [4.78, 5) is 2.26. The minimum atomic E-state index is -1.01. The van der Waals surface area contributed by atoms with Crippen molar-refractivity contribution < 1.29 is 14.2 Å². The molecule has 6 heteroatoms. The maximum atomic E-state index is 14.0. The standard InChI is InChI=1S/C28H34FN3O2/c1-5-28(4,33)19-31(17-21-14-15-21)18-25-26(20(2)3)30-32(23-11-7-6-8-12-23)27(25)34-24-13-9-10-22(29)16-24/h5-13,16,20-21,33H,1,14-15,17-19H2,2-4H3/t28-/m0/s1. The van der Waals surface area contributed by atoms with Crippen LogP contribution in [0, 0.1) is 11.7 Å². The fourth-order valence-corrected chi connectivity index (χ4v) is 4.15. The summed E-state index contributed by atoms with van der Waals surface area (Å²) in [7, 11) is 0. The largest absolute Gasteiger partial charge is 0.438 e. The van der Waals surface area contributed by atoms with Gasteiger partial charge in [-0.25, -0.2) is 9.07 Å². The van der Waals surface area contributed by atoms with Gasteiger partial charge in [-0.3, -0.25) is 4.90 Å². The highest BCUT2D eigenvalue weighted by atomic mass is 19.1. The van der Waals surface area contributed by atoms with Gasteiger partial charge in [0.05, 0.1) is 22.5 Å². The second-order valence-corrected chi connectivity index (χ2v) is 9.80.